The highest BCUT2D eigenvalue weighted by molar-refractivity contribution is 7.11. The molecule has 3 nitrogen and oxygen atoms in total. The first-order valence-electron chi connectivity index (χ1n) is 5.64. The van der Waals surface area contributed by atoms with Gasteiger partial charge in [-0.05, 0) is 26.4 Å². The molecule has 1 aliphatic heterocycles. The van der Waals surface area contributed by atoms with E-state index in [1.165, 1.54) is 16.3 Å². The lowest BCUT2D eigenvalue weighted by Gasteiger charge is -2.21. The van der Waals surface area contributed by atoms with Crippen LogP contribution in [0.4, 0.5) is 0 Å². The third kappa shape index (κ3) is 2.77. The van der Waals surface area contributed by atoms with Gasteiger partial charge in [-0.2, -0.15) is 0 Å². The van der Waals surface area contributed by atoms with Crippen molar-refractivity contribution in [3.8, 4) is 0 Å². The maximum absolute atomic E-state index is 4.45. The van der Waals surface area contributed by atoms with Crippen molar-refractivity contribution < 1.29 is 0 Å². The van der Waals surface area contributed by atoms with Gasteiger partial charge >= 0.3 is 0 Å². The molecule has 2 heterocycles. The van der Waals surface area contributed by atoms with E-state index in [1.807, 2.05) is 17.5 Å². The second-order valence-electron chi connectivity index (χ2n) is 4.14. The Morgan fingerprint density at radius 3 is 3.13 bits per heavy atom. The fourth-order valence-electron chi connectivity index (χ4n) is 1.94. The molecular formula is C11H19N3S. The molecule has 2 rings (SSSR count). The summed E-state index contributed by atoms with van der Waals surface area (Å²) >= 11 is 1.85. The van der Waals surface area contributed by atoms with Gasteiger partial charge in [0.25, 0.3) is 0 Å². The monoisotopic (exact) mass is 225 g/mol. The van der Waals surface area contributed by atoms with Gasteiger partial charge < -0.3 is 5.32 Å². The van der Waals surface area contributed by atoms with Crippen molar-refractivity contribution in [3.63, 3.8) is 0 Å². The van der Waals surface area contributed by atoms with Crippen LogP contribution in [-0.4, -0.2) is 36.1 Å². The minimum atomic E-state index is 0.693. The number of aryl methyl sites for hydroxylation is 1. The molecule has 0 amide bonds. The molecule has 0 bridgehead atoms. The quantitative estimate of drug-likeness (QED) is 0.841. The molecule has 1 unspecified atom stereocenters. The lowest BCUT2D eigenvalue weighted by molar-refractivity contribution is 0.248. The number of hydrogen-bond acceptors (Lipinski definition) is 4. The lowest BCUT2D eigenvalue weighted by Crippen LogP contribution is -2.32. The van der Waals surface area contributed by atoms with E-state index >= 15 is 0 Å². The predicted octanol–water partition coefficient (Wildman–Crippen LogP) is 1.50. The molecule has 0 aromatic carbocycles. The minimum absolute atomic E-state index is 0.693. The third-order valence-electron chi connectivity index (χ3n) is 2.99. The molecular weight excluding hydrogens is 206 g/mol. The zero-order chi connectivity index (χ0) is 10.7. The molecule has 1 fully saturated rings. The molecule has 0 radical (unpaired) electrons. The summed E-state index contributed by atoms with van der Waals surface area (Å²) in [6, 6.07) is 0.693. The van der Waals surface area contributed by atoms with Gasteiger partial charge in [-0.15, -0.1) is 11.3 Å². The van der Waals surface area contributed by atoms with E-state index in [-0.39, 0.29) is 0 Å². The van der Waals surface area contributed by atoms with E-state index < -0.39 is 0 Å². The largest absolute Gasteiger partial charge is 0.315 e. The molecule has 15 heavy (non-hydrogen) atoms. The summed E-state index contributed by atoms with van der Waals surface area (Å²) in [5, 5.41) is 4.65. The SMILES string of the molecule is CCc1cnc(CN(C)C2CCNC2)s1. The molecule has 1 N–H and O–H groups in total. The molecule has 84 valence electrons. The predicted molar refractivity (Wildman–Crippen MR) is 64.2 cm³/mol. The first-order chi connectivity index (χ1) is 7.29. The van der Waals surface area contributed by atoms with Crippen LogP contribution in [-0.2, 0) is 13.0 Å². The first kappa shape index (κ1) is 11.0. The van der Waals surface area contributed by atoms with Crippen LogP contribution in [0, 0.1) is 0 Å². The molecule has 0 spiro atoms. The highest BCUT2D eigenvalue weighted by Crippen LogP contribution is 2.17. The number of aromatic nitrogens is 1. The Balaban J connectivity index is 1.89. The summed E-state index contributed by atoms with van der Waals surface area (Å²) in [7, 11) is 2.20. The van der Waals surface area contributed by atoms with E-state index in [0.29, 0.717) is 6.04 Å². The van der Waals surface area contributed by atoms with Gasteiger partial charge in [-0.3, -0.25) is 4.90 Å². The van der Waals surface area contributed by atoms with E-state index in [4.69, 9.17) is 0 Å². The van der Waals surface area contributed by atoms with Gasteiger partial charge in [0.2, 0.25) is 0 Å². The normalized spacial score (nSPS) is 21.4. The third-order valence-corrected chi connectivity index (χ3v) is 4.12. The number of thiazole rings is 1. The zero-order valence-electron chi connectivity index (χ0n) is 9.49. The van der Waals surface area contributed by atoms with E-state index in [0.717, 1.165) is 26.1 Å². The van der Waals surface area contributed by atoms with E-state index in [2.05, 4.69) is 29.2 Å². The Kier molecular flexibility index (Phi) is 3.72. The van der Waals surface area contributed by atoms with Crippen molar-refractivity contribution >= 4 is 11.3 Å². The summed E-state index contributed by atoms with van der Waals surface area (Å²) in [6.45, 7) is 5.47. The standard InChI is InChI=1S/C11H19N3S/c1-3-10-7-13-11(15-10)8-14(2)9-4-5-12-6-9/h7,9,12H,3-6,8H2,1-2H3. The van der Waals surface area contributed by atoms with Crippen molar-refractivity contribution in [2.75, 3.05) is 20.1 Å². The van der Waals surface area contributed by atoms with E-state index in [9.17, 15) is 0 Å². The highest BCUT2D eigenvalue weighted by atomic mass is 32.1. The Morgan fingerprint density at radius 1 is 1.67 bits per heavy atom. The average Bonchev–Trinajstić information content (AvgIpc) is 2.87. The maximum Gasteiger partial charge on any atom is 0.107 e. The Hall–Kier alpha value is -0.450. The molecule has 4 heteroatoms. The fraction of sp³-hybridized carbons (Fsp3) is 0.727. The van der Waals surface area contributed by atoms with Crippen LogP contribution in [0.1, 0.15) is 23.2 Å². The van der Waals surface area contributed by atoms with E-state index in [1.54, 1.807) is 0 Å². The zero-order valence-corrected chi connectivity index (χ0v) is 10.3. The maximum atomic E-state index is 4.45. The van der Waals surface area contributed by atoms with Gasteiger partial charge in [0.05, 0.1) is 6.54 Å². The minimum Gasteiger partial charge on any atom is -0.315 e. The summed E-state index contributed by atoms with van der Waals surface area (Å²) < 4.78 is 0. The number of nitrogens with zero attached hydrogens (tertiary/aromatic N) is 2. The molecule has 1 saturated heterocycles. The lowest BCUT2D eigenvalue weighted by atomic mass is 10.2. The second-order valence-corrected chi connectivity index (χ2v) is 5.34. The summed E-state index contributed by atoms with van der Waals surface area (Å²) in [6.07, 6.45) is 4.38. The molecule has 1 atom stereocenters. The molecule has 1 aliphatic rings. The average molecular weight is 225 g/mol. The number of hydrogen-bond donors (Lipinski definition) is 1. The molecule has 1 aromatic rings. The summed E-state index contributed by atoms with van der Waals surface area (Å²) in [4.78, 5) is 8.26. The van der Waals surface area contributed by atoms with Crippen LogP contribution in [0.3, 0.4) is 0 Å². The van der Waals surface area contributed by atoms with Crippen molar-refractivity contribution in [1.29, 1.82) is 0 Å². The summed E-state index contributed by atoms with van der Waals surface area (Å²) in [5.74, 6) is 0. The van der Waals surface area contributed by atoms with Crippen LogP contribution in [0.15, 0.2) is 6.20 Å². The van der Waals surface area contributed by atoms with Gasteiger partial charge in [-0.25, -0.2) is 4.98 Å². The van der Waals surface area contributed by atoms with Crippen LogP contribution < -0.4 is 5.32 Å². The topological polar surface area (TPSA) is 28.2 Å². The Morgan fingerprint density at radius 2 is 2.53 bits per heavy atom. The van der Waals surface area contributed by atoms with Gasteiger partial charge in [0.1, 0.15) is 5.01 Å². The fourth-order valence-corrected chi connectivity index (χ4v) is 2.87. The second kappa shape index (κ2) is 5.05. The Labute approximate surface area is 95.5 Å². The highest BCUT2D eigenvalue weighted by Gasteiger charge is 2.19. The van der Waals surface area contributed by atoms with Gasteiger partial charge in [0.15, 0.2) is 0 Å². The molecule has 1 aromatic heterocycles. The van der Waals surface area contributed by atoms with Crippen molar-refractivity contribution in [1.82, 2.24) is 15.2 Å². The van der Waals surface area contributed by atoms with Gasteiger partial charge in [-0.1, -0.05) is 6.92 Å². The van der Waals surface area contributed by atoms with Crippen LogP contribution >= 0.6 is 11.3 Å². The molecule has 0 saturated carbocycles. The molecule has 0 aliphatic carbocycles. The van der Waals surface area contributed by atoms with Gasteiger partial charge in [0, 0.05) is 23.7 Å². The number of nitrogens with one attached hydrogen (secondary N) is 1. The van der Waals surface area contributed by atoms with Crippen molar-refractivity contribution in [2.45, 2.75) is 32.4 Å². The number of rotatable bonds is 4. The number of likely N-dealkylation sites (N-methyl/N-ethyl adjacent to an activating group) is 1. The smallest absolute Gasteiger partial charge is 0.107 e. The van der Waals surface area contributed by atoms with Crippen LogP contribution in [0.25, 0.3) is 0 Å². The van der Waals surface area contributed by atoms with Crippen LogP contribution in [0.2, 0.25) is 0 Å². The van der Waals surface area contributed by atoms with Crippen LogP contribution in [0.5, 0.6) is 0 Å². The van der Waals surface area contributed by atoms with Crippen molar-refractivity contribution in [3.05, 3.63) is 16.1 Å². The first-order valence-corrected chi connectivity index (χ1v) is 6.45. The van der Waals surface area contributed by atoms with Crippen molar-refractivity contribution in [2.24, 2.45) is 0 Å². The Bertz CT molecular complexity index is 305. The summed E-state index contributed by atoms with van der Waals surface area (Å²) in [5.41, 5.74) is 0.